The van der Waals surface area contributed by atoms with Gasteiger partial charge in [0.05, 0.1) is 11.0 Å². The first-order valence-corrected chi connectivity index (χ1v) is 32.7. The lowest BCUT2D eigenvalue weighted by Crippen LogP contribution is -2.00. The maximum atomic E-state index is 6.59. The van der Waals surface area contributed by atoms with Crippen molar-refractivity contribution in [3.05, 3.63) is 332 Å². The monoisotopic (exact) mass is 1260 g/mol. The van der Waals surface area contributed by atoms with Crippen LogP contribution in [0.1, 0.15) is 11.1 Å². The van der Waals surface area contributed by atoms with Gasteiger partial charge < -0.3 is 13.4 Å². The Bertz CT molecular complexity index is 6130. The van der Waals surface area contributed by atoms with Gasteiger partial charge in [0.1, 0.15) is 22.3 Å². The van der Waals surface area contributed by atoms with Crippen molar-refractivity contribution < 1.29 is 8.83 Å². The number of furan rings is 2. The summed E-state index contributed by atoms with van der Waals surface area (Å²) in [5.41, 5.74) is 17.7. The molecular weight excluding hydrogens is 1210 g/mol. The van der Waals surface area contributed by atoms with Crippen molar-refractivity contribution in [3.63, 3.8) is 0 Å². The summed E-state index contributed by atoms with van der Waals surface area (Å²) in [6.07, 6.45) is 1.08. The maximum absolute atomic E-state index is 6.59. The molecule has 0 radical (unpaired) electrons. The molecular formula is C87H54ClN7O2. The summed E-state index contributed by atoms with van der Waals surface area (Å²) in [7, 11) is 0. The molecule has 5 aromatic heterocycles. The molecule has 9 nitrogen and oxygen atoms in total. The molecule has 5 heterocycles. The molecule has 0 aliphatic heterocycles. The summed E-state index contributed by atoms with van der Waals surface area (Å²) in [5.74, 6) is 3.72. The first-order valence-electron chi connectivity index (χ1n) is 32.3. The molecule has 456 valence electrons. The van der Waals surface area contributed by atoms with Crippen LogP contribution in [0.3, 0.4) is 0 Å². The Kier molecular flexibility index (Phi) is 14.1. The van der Waals surface area contributed by atoms with Gasteiger partial charge in [0.2, 0.25) is 0 Å². The normalized spacial score (nSPS) is 11.7. The number of benzene rings is 14. The molecule has 0 bridgehead atoms. The fraction of sp³-hybridized carbons (Fsp3) is 0.0115. The Hall–Kier alpha value is -12.7. The molecule has 14 aromatic carbocycles. The zero-order valence-corrected chi connectivity index (χ0v) is 52.8. The minimum Gasteiger partial charge on any atom is -0.456 e. The van der Waals surface area contributed by atoms with Gasteiger partial charge >= 0.3 is 0 Å². The highest BCUT2D eigenvalue weighted by atomic mass is 35.5. The van der Waals surface area contributed by atoms with Crippen molar-refractivity contribution in [2.45, 2.75) is 6.42 Å². The molecule has 97 heavy (non-hydrogen) atoms. The van der Waals surface area contributed by atoms with E-state index in [2.05, 4.69) is 150 Å². The van der Waals surface area contributed by atoms with E-state index in [1.54, 1.807) is 0 Å². The third-order valence-corrected chi connectivity index (χ3v) is 18.5. The van der Waals surface area contributed by atoms with Crippen molar-refractivity contribution in [1.82, 2.24) is 34.5 Å². The Morgan fingerprint density at radius 3 is 1.26 bits per heavy atom. The van der Waals surface area contributed by atoms with Crippen LogP contribution in [0.5, 0.6) is 0 Å². The van der Waals surface area contributed by atoms with E-state index in [9.17, 15) is 0 Å². The van der Waals surface area contributed by atoms with Gasteiger partial charge in [-0.2, -0.15) is 0 Å². The Morgan fingerprint density at radius 2 is 0.701 bits per heavy atom. The second-order valence-electron chi connectivity index (χ2n) is 24.2. The lowest BCUT2D eigenvalue weighted by molar-refractivity contribution is 0.668. The topological polar surface area (TPSA) is 109 Å². The number of aromatic nitrogens is 7. The lowest BCUT2D eigenvalue weighted by atomic mass is 10.0. The number of rotatable bonds is 7. The van der Waals surface area contributed by atoms with Crippen LogP contribution in [0.25, 0.3) is 172 Å². The third kappa shape index (κ3) is 10.5. The van der Waals surface area contributed by atoms with E-state index in [-0.39, 0.29) is 0 Å². The molecule has 1 aliphatic rings. The minimum absolute atomic E-state index is 0.598. The van der Waals surface area contributed by atoms with E-state index >= 15 is 0 Å². The van der Waals surface area contributed by atoms with E-state index in [4.69, 9.17) is 50.3 Å². The molecule has 0 fully saturated rings. The van der Waals surface area contributed by atoms with E-state index < -0.39 is 0 Å². The third-order valence-electron chi connectivity index (χ3n) is 18.3. The second kappa shape index (κ2) is 24.0. The zero-order chi connectivity index (χ0) is 64.3. The van der Waals surface area contributed by atoms with Crippen LogP contribution < -0.4 is 0 Å². The molecule has 0 saturated heterocycles. The average Bonchev–Trinajstić information content (AvgIpc) is 1.60. The van der Waals surface area contributed by atoms with Crippen LogP contribution in [0.2, 0.25) is 5.02 Å². The summed E-state index contributed by atoms with van der Waals surface area (Å²) in [6.45, 7) is 0. The van der Waals surface area contributed by atoms with Crippen LogP contribution in [0.15, 0.2) is 324 Å². The minimum atomic E-state index is 0.598. The summed E-state index contributed by atoms with van der Waals surface area (Å²) in [6, 6.07) is 108. The fourth-order valence-electron chi connectivity index (χ4n) is 13.7. The smallest absolute Gasteiger partial charge is 0.164 e. The van der Waals surface area contributed by atoms with Crippen LogP contribution in [0.4, 0.5) is 0 Å². The Morgan fingerprint density at radius 1 is 0.268 bits per heavy atom. The molecule has 0 unspecified atom stereocenters. The molecule has 19 aromatic rings. The highest BCUT2D eigenvalue weighted by Crippen LogP contribution is 2.43. The van der Waals surface area contributed by atoms with Gasteiger partial charge in [0.25, 0.3) is 0 Å². The zero-order valence-electron chi connectivity index (χ0n) is 52.1. The van der Waals surface area contributed by atoms with Gasteiger partial charge in [0.15, 0.2) is 34.9 Å². The molecule has 0 spiro atoms. The standard InChI is InChI=1S/C43H26N4O.C27H16ClN3O.C17H12/c1-3-12-27(13-4-1)41-44-42(28-14-5-2-6-15-28)46-43(45-41)34-19-11-21-38-40(34)33-23-22-31(26-39(33)48-38)47-36-20-10-9-18-32(36)35-24-29-16-7-8-17-30(29)25-37(35)47;28-19-14-15-20-23(16-19)32-22-13-7-12-21(24(20)22)27-30-25(17-8-3-1-4-9-17)29-26(31-27)18-10-5-2-6-11-18;1-2-6-13-11-17-15(9-12(13)5-1)10-14-7-3-4-8-16(14)17/h1-26H;1-16H;1-9,11H,10H2. The number of hydrogen-bond donors (Lipinski definition) is 0. The first-order chi connectivity index (χ1) is 48.0. The number of para-hydroxylation sites is 1. The van der Waals surface area contributed by atoms with Crippen LogP contribution in [-0.4, -0.2) is 34.5 Å². The molecule has 0 amide bonds. The average molecular weight is 1260 g/mol. The van der Waals surface area contributed by atoms with Gasteiger partial charge in [-0.05, 0) is 111 Å². The number of halogens is 1. The van der Waals surface area contributed by atoms with Crippen molar-refractivity contribution >= 4 is 98.8 Å². The first kappa shape index (κ1) is 57.0. The summed E-state index contributed by atoms with van der Waals surface area (Å²) in [4.78, 5) is 29.4. The Balaban J connectivity index is 0.000000119. The Labute approximate surface area is 561 Å². The molecule has 0 saturated carbocycles. The van der Waals surface area contributed by atoms with E-state index in [0.29, 0.717) is 40.0 Å². The largest absolute Gasteiger partial charge is 0.456 e. The van der Waals surface area contributed by atoms with Crippen LogP contribution in [0, 0.1) is 0 Å². The summed E-state index contributed by atoms with van der Waals surface area (Å²) < 4.78 is 15.0. The summed E-state index contributed by atoms with van der Waals surface area (Å²) in [5, 5.41) is 12.2. The number of nitrogens with zero attached hydrogens (tertiary/aromatic N) is 7. The molecule has 1 aliphatic carbocycles. The number of hydrogen-bond acceptors (Lipinski definition) is 8. The number of fused-ring (bicyclic) bond motifs is 14. The summed E-state index contributed by atoms with van der Waals surface area (Å²) >= 11 is 6.19. The second-order valence-corrected chi connectivity index (χ2v) is 24.7. The highest BCUT2D eigenvalue weighted by molar-refractivity contribution is 6.31. The predicted octanol–water partition coefficient (Wildman–Crippen LogP) is 22.9. The molecule has 0 N–H and O–H groups in total. The van der Waals surface area contributed by atoms with Gasteiger partial charge in [0, 0.05) is 88.5 Å². The van der Waals surface area contributed by atoms with Crippen molar-refractivity contribution in [2.24, 2.45) is 0 Å². The fourth-order valence-corrected chi connectivity index (χ4v) is 13.9. The molecule has 10 heteroatoms. The lowest BCUT2D eigenvalue weighted by Gasteiger charge is -2.09. The van der Waals surface area contributed by atoms with E-state index in [1.807, 2.05) is 170 Å². The SMILES string of the molecule is Clc1ccc2c(c1)oc1cccc(-c3nc(-c4ccccc4)nc(-c4ccccc4)n3)c12.c1ccc(-c2nc(-c3ccccc3)nc(-c3cccc4oc5cc(-n6c7ccccc7c7cc8ccccc8cc76)ccc5c34)n2)cc1.c1ccc2c(c1)Cc1cc3ccccc3cc1-2. The van der Waals surface area contributed by atoms with Gasteiger partial charge in [-0.3, -0.25) is 0 Å². The maximum Gasteiger partial charge on any atom is 0.164 e. The van der Waals surface area contributed by atoms with E-state index in [1.165, 1.54) is 54.6 Å². The molecule has 0 atom stereocenters. The quantitative estimate of drug-likeness (QED) is 0.155. The van der Waals surface area contributed by atoms with E-state index in [0.717, 1.165) is 100 Å². The highest BCUT2D eigenvalue weighted by Gasteiger charge is 2.23. The van der Waals surface area contributed by atoms with Crippen LogP contribution >= 0.6 is 11.6 Å². The van der Waals surface area contributed by atoms with Gasteiger partial charge in [-0.25, -0.2) is 29.9 Å². The van der Waals surface area contributed by atoms with Gasteiger partial charge in [-0.1, -0.05) is 254 Å². The van der Waals surface area contributed by atoms with Crippen LogP contribution in [-0.2, 0) is 6.42 Å². The van der Waals surface area contributed by atoms with Crippen molar-refractivity contribution in [1.29, 1.82) is 0 Å². The van der Waals surface area contributed by atoms with Crippen molar-refractivity contribution in [3.8, 4) is 85.1 Å². The predicted molar refractivity (Wildman–Crippen MR) is 396 cm³/mol. The molecule has 20 rings (SSSR count). The van der Waals surface area contributed by atoms with Crippen molar-refractivity contribution in [2.75, 3.05) is 0 Å². The van der Waals surface area contributed by atoms with Gasteiger partial charge in [-0.15, -0.1) is 0 Å².